The Kier molecular flexibility index (Phi) is 7.92. The van der Waals surface area contributed by atoms with Crippen LogP contribution in [-0.4, -0.2) is 62.1 Å². The van der Waals surface area contributed by atoms with Crippen molar-refractivity contribution >= 4 is 29.9 Å². The number of rotatable bonds is 4. The lowest BCUT2D eigenvalue weighted by molar-refractivity contribution is 0.248. The monoisotopic (exact) mass is 434 g/mol. The second-order valence-electron chi connectivity index (χ2n) is 7.60. The molecule has 5 heteroatoms. The van der Waals surface area contributed by atoms with Crippen molar-refractivity contribution in [1.82, 2.24) is 15.1 Å². The van der Waals surface area contributed by atoms with Crippen LogP contribution in [0, 0.1) is 11.8 Å². The number of likely N-dealkylation sites (N-methyl/N-ethyl adjacent to an activating group) is 1. The van der Waals surface area contributed by atoms with Gasteiger partial charge in [-0.15, -0.1) is 24.0 Å². The summed E-state index contributed by atoms with van der Waals surface area (Å²) in [6, 6.07) is 0.818. The molecule has 1 saturated heterocycles. The molecule has 134 valence electrons. The van der Waals surface area contributed by atoms with Crippen molar-refractivity contribution in [3.8, 4) is 0 Å². The van der Waals surface area contributed by atoms with Gasteiger partial charge in [-0.05, 0) is 44.6 Å². The van der Waals surface area contributed by atoms with Crippen LogP contribution in [0.25, 0.3) is 0 Å². The molecule has 23 heavy (non-hydrogen) atoms. The molecule has 3 aliphatic rings. The van der Waals surface area contributed by atoms with Crippen molar-refractivity contribution < 1.29 is 0 Å². The molecule has 0 spiro atoms. The molecule has 1 N–H and O–H groups in total. The van der Waals surface area contributed by atoms with Crippen LogP contribution in [0.15, 0.2) is 4.99 Å². The van der Waals surface area contributed by atoms with Crippen LogP contribution in [0.2, 0.25) is 0 Å². The minimum Gasteiger partial charge on any atom is -0.355 e. The number of aliphatic imine (C=N–C) groups is 1. The molecule has 1 heterocycles. The molecule has 0 aromatic rings. The summed E-state index contributed by atoms with van der Waals surface area (Å²) in [5.74, 6) is 2.98. The van der Waals surface area contributed by atoms with E-state index in [1.807, 2.05) is 7.05 Å². The SMILES string of the molecule is CN=C(NCCN(C)C1CCCC1)N1CC2CCCCC2C1.I. The summed E-state index contributed by atoms with van der Waals surface area (Å²) in [6.45, 7) is 4.60. The number of hydrogen-bond acceptors (Lipinski definition) is 2. The second-order valence-corrected chi connectivity index (χ2v) is 7.60. The molecular formula is C18H35IN4. The average Bonchev–Trinajstić information content (AvgIpc) is 3.19. The number of fused-ring (bicyclic) bond motifs is 1. The number of likely N-dealkylation sites (tertiary alicyclic amines) is 1. The van der Waals surface area contributed by atoms with Gasteiger partial charge in [-0.3, -0.25) is 4.99 Å². The molecule has 1 aliphatic heterocycles. The topological polar surface area (TPSA) is 30.9 Å². The zero-order valence-corrected chi connectivity index (χ0v) is 17.3. The fourth-order valence-electron chi connectivity index (χ4n) is 4.78. The normalized spacial score (nSPS) is 28.8. The van der Waals surface area contributed by atoms with Gasteiger partial charge in [0.25, 0.3) is 0 Å². The summed E-state index contributed by atoms with van der Waals surface area (Å²) >= 11 is 0. The fraction of sp³-hybridized carbons (Fsp3) is 0.944. The molecule has 2 unspecified atom stereocenters. The number of nitrogens with zero attached hydrogens (tertiary/aromatic N) is 3. The molecule has 2 aliphatic carbocycles. The average molecular weight is 434 g/mol. The van der Waals surface area contributed by atoms with E-state index in [0.717, 1.165) is 36.9 Å². The molecule has 0 radical (unpaired) electrons. The lowest BCUT2D eigenvalue weighted by atomic mass is 9.82. The number of nitrogens with one attached hydrogen (secondary N) is 1. The van der Waals surface area contributed by atoms with Crippen molar-refractivity contribution in [3.63, 3.8) is 0 Å². The third-order valence-corrected chi connectivity index (χ3v) is 6.18. The van der Waals surface area contributed by atoms with Gasteiger partial charge in [0.2, 0.25) is 0 Å². The van der Waals surface area contributed by atoms with E-state index in [-0.39, 0.29) is 24.0 Å². The first kappa shape index (κ1) is 19.3. The molecule has 2 saturated carbocycles. The van der Waals surface area contributed by atoms with Gasteiger partial charge in [-0.1, -0.05) is 25.7 Å². The highest BCUT2D eigenvalue weighted by Crippen LogP contribution is 2.35. The van der Waals surface area contributed by atoms with Crippen LogP contribution < -0.4 is 5.32 Å². The van der Waals surface area contributed by atoms with Gasteiger partial charge in [-0.2, -0.15) is 0 Å². The fourth-order valence-corrected chi connectivity index (χ4v) is 4.78. The molecule has 3 rings (SSSR count). The highest BCUT2D eigenvalue weighted by molar-refractivity contribution is 14.0. The lowest BCUT2D eigenvalue weighted by Gasteiger charge is -2.26. The van der Waals surface area contributed by atoms with E-state index >= 15 is 0 Å². The summed E-state index contributed by atoms with van der Waals surface area (Å²) in [7, 11) is 4.22. The predicted molar refractivity (Wildman–Crippen MR) is 109 cm³/mol. The Balaban J connectivity index is 0.00000192. The lowest BCUT2D eigenvalue weighted by Crippen LogP contribution is -2.44. The Morgan fingerprint density at radius 2 is 1.61 bits per heavy atom. The molecular weight excluding hydrogens is 399 g/mol. The maximum absolute atomic E-state index is 4.54. The predicted octanol–water partition coefficient (Wildman–Crippen LogP) is 3.18. The van der Waals surface area contributed by atoms with Gasteiger partial charge in [0.15, 0.2) is 5.96 Å². The summed E-state index contributed by atoms with van der Waals surface area (Å²) in [4.78, 5) is 9.58. The quantitative estimate of drug-likeness (QED) is 0.419. The summed E-state index contributed by atoms with van der Waals surface area (Å²) in [5, 5.41) is 3.61. The number of halogens is 1. The summed E-state index contributed by atoms with van der Waals surface area (Å²) in [5.41, 5.74) is 0. The van der Waals surface area contributed by atoms with Crippen LogP contribution in [0.5, 0.6) is 0 Å². The zero-order valence-electron chi connectivity index (χ0n) is 15.0. The standard InChI is InChI=1S/C18H34N4.HI/c1-19-18(20-11-12-21(2)17-9-5-6-10-17)22-13-15-7-3-4-8-16(15)14-22;/h15-17H,3-14H2,1-2H3,(H,19,20);1H. The van der Waals surface area contributed by atoms with Gasteiger partial charge < -0.3 is 15.1 Å². The summed E-state index contributed by atoms with van der Waals surface area (Å²) in [6.07, 6.45) is 11.4. The van der Waals surface area contributed by atoms with Gasteiger partial charge in [-0.25, -0.2) is 0 Å². The van der Waals surface area contributed by atoms with Crippen molar-refractivity contribution in [3.05, 3.63) is 0 Å². The Bertz CT molecular complexity index is 367. The maximum atomic E-state index is 4.54. The van der Waals surface area contributed by atoms with Gasteiger partial charge in [0.1, 0.15) is 0 Å². The first-order valence-electron chi connectivity index (χ1n) is 9.43. The third-order valence-electron chi connectivity index (χ3n) is 6.18. The van der Waals surface area contributed by atoms with E-state index < -0.39 is 0 Å². The van der Waals surface area contributed by atoms with Crippen LogP contribution >= 0.6 is 24.0 Å². The van der Waals surface area contributed by atoms with Crippen molar-refractivity contribution in [2.45, 2.75) is 57.4 Å². The molecule has 0 aromatic carbocycles. The highest BCUT2D eigenvalue weighted by Gasteiger charge is 2.35. The number of hydrogen-bond donors (Lipinski definition) is 1. The van der Waals surface area contributed by atoms with Crippen LogP contribution in [0.4, 0.5) is 0 Å². The van der Waals surface area contributed by atoms with Crippen LogP contribution in [-0.2, 0) is 0 Å². The van der Waals surface area contributed by atoms with Gasteiger partial charge in [0.05, 0.1) is 0 Å². The van der Waals surface area contributed by atoms with E-state index in [2.05, 4.69) is 27.2 Å². The van der Waals surface area contributed by atoms with E-state index in [9.17, 15) is 0 Å². The highest BCUT2D eigenvalue weighted by atomic mass is 127. The zero-order chi connectivity index (χ0) is 15.4. The largest absolute Gasteiger partial charge is 0.355 e. The van der Waals surface area contributed by atoms with E-state index in [4.69, 9.17) is 0 Å². The Morgan fingerprint density at radius 1 is 1.04 bits per heavy atom. The third kappa shape index (κ3) is 4.97. The van der Waals surface area contributed by atoms with Gasteiger partial charge >= 0.3 is 0 Å². The van der Waals surface area contributed by atoms with E-state index in [1.165, 1.54) is 64.5 Å². The Morgan fingerprint density at radius 3 is 2.17 bits per heavy atom. The minimum atomic E-state index is 0. The Hall–Kier alpha value is -0.0400. The maximum Gasteiger partial charge on any atom is 0.193 e. The van der Waals surface area contributed by atoms with E-state index in [1.54, 1.807) is 0 Å². The number of guanidine groups is 1. The van der Waals surface area contributed by atoms with Gasteiger partial charge in [0, 0.05) is 39.3 Å². The summed E-state index contributed by atoms with van der Waals surface area (Å²) < 4.78 is 0. The molecule has 0 aromatic heterocycles. The van der Waals surface area contributed by atoms with Crippen molar-refractivity contribution in [2.75, 3.05) is 40.3 Å². The molecule has 0 bridgehead atoms. The molecule has 3 fully saturated rings. The molecule has 2 atom stereocenters. The molecule has 0 amide bonds. The van der Waals surface area contributed by atoms with Crippen LogP contribution in [0.1, 0.15) is 51.4 Å². The minimum absolute atomic E-state index is 0. The van der Waals surface area contributed by atoms with Crippen LogP contribution in [0.3, 0.4) is 0 Å². The van der Waals surface area contributed by atoms with Crippen molar-refractivity contribution in [1.29, 1.82) is 0 Å². The molecule has 4 nitrogen and oxygen atoms in total. The van der Waals surface area contributed by atoms with Crippen molar-refractivity contribution in [2.24, 2.45) is 16.8 Å². The Labute approximate surface area is 159 Å². The van der Waals surface area contributed by atoms with E-state index in [0.29, 0.717) is 0 Å². The second kappa shape index (κ2) is 9.44. The first-order valence-corrected chi connectivity index (χ1v) is 9.43. The first-order chi connectivity index (χ1) is 10.8. The smallest absolute Gasteiger partial charge is 0.193 e.